The van der Waals surface area contributed by atoms with Crippen LogP contribution in [0.3, 0.4) is 0 Å². The first-order valence-corrected chi connectivity index (χ1v) is 32.5. The van der Waals surface area contributed by atoms with Gasteiger partial charge in [0.05, 0.1) is 48.9 Å². The number of rotatable bonds is 15. The molecule has 15 nitrogen and oxygen atoms in total. The van der Waals surface area contributed by atoms with Crippen LogP contribution in [-0.4, -0.2) is 129 Å². The highest BCUT2D eigenvalue weighted by Gasteiger charge is 2.32. The number of likely N-dealkylation sites (tertiary alicyclic amines) is 1. The first kappa shape index (κ1) is 69.9. The van der Waals surface area contributed by atoms with Crippen LogP contribution in [0.5, 0.6) is 0 Å². The molecule has 446 valence electrons. The lowest BCUT2D eigenvalue weighted by Crippen LogP contribution is -2.36. The lowest BCUT2D eigenvalue weighted by Gasteiger charge is -2.25. The van der Waals surface area contributed by atoms with E-state index in [1.165, 1.54) is 90.8 Å². The van der Waals surface area contributed by atoms with Crippen LogP contribution in [0.25, 0.3) is 0 Å². The largest absolute Gasteiger partial charge is 0.462 e. The number of nitrogens with zero attached hydrogens (tertiary/aromatic N) is 2. The second kappa shape index (κ2) is 38.4. The third-order valence-electron chi connectivity index (χ3n) is 14.1. The van der Waals surface area contributed by atoms with Crippen molar-refractivity contribution < 1.29 is 43.0 Å². The van der Waals surface area contributed by atoms with Gasteiger partial charge in [0, 0.05) is 14.6 Å². The topological polar surface area (TPSA) is 199 Å². The van der Waals surface area contributed by atoms with Crippen LogP contribution < -0.4 is 21.7 Å². The van der Waals surface area contributed by atoms with Gasteiger partial charge in [-0.3, -0.25) is 19.3 Å². The molecular weight excluding hydrogens is 1130 g/mol. The van der Waals surface area contributed by atoms with E-state index in [1.807, 2.05) is 13.8 Å². The van der Waals surface area contributed by atoms with Crippen molar-refractivity contribution >= 4 is 119 Å². The molecule has 2 fully saturated rings. The Labute approximate surface area is 498 Å². The van der Waals surface area contributed by atoms with Gasteiger partial charge in [-0.2, -0.15) is 0 Å². The summed E-state index contributed by atoms with van der Waals surface area (Å²) in [5, 5.41) is 10.4. The number of halogens is 3. The molecule has 8 rings (SSSR count). The minimum Gasteiger partial charge on any atom is -0.462 e. The van der Waals surface area contributed by atoms with Gasteiger partial charge in [0.15, 0.2) is 0 Å². The van der Waals surface area contributed by atoms with Crippen LogP contribution in [0, 0.1) is 17.8 Å². The fourth-order valence-electron chi connectivity index (χ4n) is 9.86. The molecule has 2 aliphatic heterocycles. The number of fused-ring (bicyclic) bond motifs is 3. The maximum atomic E-state index is 12.5. The highest BCUT2D eigenvalue weighted by Crippen LogP contribution is 2.42. The zero-order valence-electron chi connectivity index (χ0n) is 48.5. The molecule has 5 N–H and O–H groups in total. The van der Waals surface area contributed by atoms with Crippen molar-refractivity contribution in [3.63, 3.8) is 0 Å². The molecule has 3 aromatic rings. The maximum absolute atomic E-state index is 12.5. The van der Waals surface area contributed by atoms with Gasteiger partial charge >= 0.3 is 17.9 Å². The molecular formula is C58H91Cl3N6O9S3. The van der Waals surface area contributed by atoms with Crippen molar-refractivity contribution in [3.05, 3.63) is 48.0 Å². The van der Waals surface area contributed by atoms with E-state index >= 15 is 0 Å². The average molecular weight is 1220 g/mol. The van der Waals surface area contributed by atoms with E-state index in [2.05, 4.69) is 67.3 Å². The number of ether oxygens (including phenoxy) is 3. The van der Waals surface area contributed by atoms with Gasteiger partial charge in [-0.1, -0.05) is 54.4 Å². The zero-order valence-corrected chi connectivity index (χ0v) is 53.3. The summed E-state index contributed by atoms with van der Waals surface area (Å²) in [6, 6.07) is 0. The van der Waals surface area contributed by atoms with E-state index in [4.69, 9.17) is 54.7 Å². The predicted molar refractivity (Wildman–Crippen MR) is 329 cm³/mol. The van der Waals surface area contributed by atoms with E-state index < -0.39 is 5.24 Å². The van der Waals surface area contributed by atoms with E-state index in [9.17, 15) is 28.8 Å². The van der Waals surface area contributed by atoms with E-state index in [0.717, 1.165) is 94.0 Å². The third-order valence-corrected chi connectivity index (χ3v) is 18.4. The fraction of sp³-hybridized carbons (Fsp3) is 0.690. The number of anilines is 3. The lowest BCUT2D eigenvalue weighted by atomic mass is 9.88. The minimum absolute atomic E-state index is 0.0286. The number of hydrogen-bond donors (Lipinski definition) is 4. The number of alkyl halides is 2. The highest BCUT2D eigenvalue weighted by atomic mass is 35.5. The monoisotopic (exact) mass is 1220 g/mol. The Hall–Kier alpha value is -3.33. The quantitative estimate of drug-likeness (QED) is 0.0486. The number of amides is 2. The van der Waals surface area contributed by atoms with E-state index in [-0.39, 0.29) is 41.5 Å². The molecule has 5 heterocycles. The van der Waals surface area contributed by atoms with Crippen LogP contribution >= 0.6 is 68.8 Å². The molecule has 2 saturated heterocycles. The van der Waals surface area contributed by atoms with Gasteiger partial charge in [-0.05, 0) is 196 Å². The number of nitrogen functional groups attached to an aromatic ring is 1. The Bertz CT molecular complexity index is 2350. The number of carbonyl (C=O) groups excluding carboxylic acids is 6. The van der Waals surface area contributed by atoms with Crippen molar-refractivity contribution in [1.29, 1.82) is 0 Å². The molecule has 0 bridgehead atoms. The number of hydrogen-bond acceptors (Lipinski definition) is 16. The Morgan fingerprint density at radius 1 is 0.582 bits per heavy atom. The first-order chi connectivity index (χ1) is 37.9. The summed E-state index contributed by atoms with van der Waals surface area (Å²) in [6.07, 6.45) is 16.9. The molecule has 0 spiro atoms. The van der Waals surface area contributed by atoms with Gasteiger partial charge in [-0.15, -0.1) is 57.2 Å². The minimum atomic E-state index is -0.508. The molecule has 3 atom stereocenters. The normalized spacial score (nSPS) is 18.1. The van der Waals surface area contributed by atoms with E-state index in [0.29, 0.717) is 75.8 Å². The molecule has 0 aromatic carbocycles. The van der Waals surface area contributed by atoms with Gasteiger partial charge in [0.25, 0.3) is 0 Å². The molecule has 2 amide bonds. The Balaban J connectivity index is 0.000000272. The molecule has 3 unspecified atom stereocenters. The molecule has 3 aliphatic carbocycles. The summed E-state index contributed by atoms with van der Waals surface area (Å²) >= 11 is 19.6. The Morgan fingerprint density at radius 2 is 0.962 bits per heavy atom. The molecule has 0 radical (unpaired) electrons. The van der Waals surface area contributed by atoms with Crippen molar-refractivity contribution in [1.82, 2.24) is 15.1 Å². The summed E-state index contributed by atoms with van der Waals surface area (Å²) in [6.45, 7) is 28.1. The molecule has 3 aromatic heterocycles. The van der Waals surface area contributed by atoms with Crippen LogP contribution in [0.15, 0.2) is 0 Å². The van der Waals surface area contributed by atoms with E-state index in [1.54, 1.807) is 29.6 Å². The van der Waals surface area contributed by atoms with Crippen LogP contribution in [0.2, 0.25) is 0 Å². The van der Waals surface area contributed by atoms with Gasteiger partial charge in [0.2, 0.25) is 17.1 Å². The van der Waals surface area contributed by atoms with Crippen LogP contribution in [-0.2, 0) is 67.1 Å². The lowest BCUT2D eigenvalue weighted by molar-refractivity contribution is -0.117. The smallest absolute Gasteiger partial charge is 0.341 e. The first-order valence-electron chi connectivity index (χ1n) is 28.7. The van der Waals surface area contributed by atoms with Crippen molar-refractivity contribution in [2.24, 2.45) is 17.8 Å². The summed E-state index contributed by atoms with van der Waals surface area (Å²) < 4.78 is 15.4. The Morgan fingerprint density at radius 3 is 1.30 bits per heavy atom. The number of piperidine rings is 2. The van der Waals surface area contributed by atoms with Crippen LogP contribution in [0.1, 0.15) is 182 Å². The summed E-state index contributed by atoms with van der Waals surface area (Å²) in [5.41, 5.74) is 10.9. The third kappa shape index (κ3) is 23.8. The molecule has 5 aliphatic rings. The number of esters is 3. The molecule has 79 heavy (non-hydrogen) atoms. The fourth-order valence-corrected chi connectivity index (χ4v) is 13.5. The number of nitrogens with one attached hydrogen (secondary N) is 3. The average Bonchev–Trinajstić information content (AvgIpc) is 4.12. The van der Waals surface area contributed by atoms with Crippen molar-refractivity contribution in [2.75, 3.05) is 100 Å². The Kier molecular flexibility index (Phi) is 34.0. The highest BCUT2D eigenvalue weighted by molar-refractivity contribution is 7.17. The number of aryl methyl sites for hydroxylation is 3. The zero-order chi connectivity index (χ0) is 58.4. The summed E-state index contributed by atoms with van der Waals surface area (Å²) in [7, 11) is 0. The number of thiophene rings is 3. The number of carbonyl (C=O) groups is 6. The van der Waals surface area contributed by atoms with Gasteiger partial charge < -0.3 is 40.8 Å². The van der Waals surface area contributed by atoms with Gasteiger partial charge in [0.1, 0.15) is 20.9 Å². The predicted octanol–water partition coefficient (Wildman–Crippen LogP) is 12.4. The molecule has 0 saturated carbocycles. The van der Waals surface area contributed by atoms with Crippen LogP contribution in [0.4, 0.5) is 15.0 Å². The van der Waals surface area contributed by atoms with Crippen molar-refractivity contribution in [3.8, 4) is 0 Å². The van der Waals surface area contributed by atoms with Gasteiger partial charge in [-0.25, -0.2) is 14.4 Å². The summed E-state index contributed by atoms with van der Waals surface area (Å²) in [4.78, 5) is 78.2. The SMILES string of the molecule is C1CCNCC1.CCN(CC)CC.CCOC(=O)c1c(N)sc2c1CC(C)CC2.CCOC(=O)c1c(NC(=O)CCl)sc2c1CC(C)CC2.CCOC(=O)c1c(NC(=O)CN2CCCCC2)sc2c1CC(C)CC2.O=C(Cl)CCl. The second-order valence-corrected chi connectivity index (χ2v) is 24.7. The molecule has 21 heteroatoms. The summed E-state index contributed by atoms with van der Waals surface area (Å²) in [5.74, 6) is 0.271. The van der Waals surface area contributed by atoms with Crippen molar-refractivity contribution in [2.45, 2.75) is 159 Å². The number of nitrogens with two attached hydrogens (primary N) is 1. The second-order valence-electron chi connectivity index (χ2n) is 20.3. The maximum Gasteiger partial charge on any atom is 0.341 e. The standard InChI is InChI=1S/C19H28N2O3S.C14H18ClNO3S.C12H17NO2S.C6H15N.C5H11N.C2H2Cl2O/c1-3-24-19(23)17-14-11-13(2)7-8-15(14)25-18(17)20-16(22)12-21-9-5-4-6-10-21;1-3-19-14(18)12-9-6-8(2)4-5-10(9)20-13(12)16-11(17)7-15;1-3-15-12(14)10-8-6-7(2)4-5-9(8)16-11(10)13;1-4-7(5-2)6-3;1-2-4-6-5-3-1;3-1-2(4)5/h13H,3-12H2,1-2H3,(H,20,22);8H,3-7H2,1-2H3,(H,16,17);7H,3-6,13H2,1-2H3;4-6H2,1-3H3;6H,1-5H2;1H2.